The van der Waals surface area contributed by atoms with Crippen LogP contribution in [0.4, 0.5) is 5.69 Å². The summed E-state index contributed by atoms with van der Waals surface area (Å²) in [6.07, 6.45) is 1.62. The lowest BCUT2D eigenvalue weighted by Gasteiger charge is -2.12. The Bertz CT molecular complexity index is 587. The van der Waals surface area contributed by atoms with Gasteiger partial charge in [0, 0.05) is 5.02 Å². The van der Waals surface area contributed by atoms with Gasteiger partial charge < -0.3 is 9.73 Å². The average Bonchev–Trinajstić information content (AvgIpc) is 2.92. The van der Waals surface area contributed by atoms with Gasteiger partial charge in [0.25, 0.3) is 0 Å². The van der Waals surface area contributed by atoms with Gasteiger partial charge in [-0.15, -0.1) is 11.8 Å². The van der Waals surface area contributed by atoms with Crippen molar-refractivity contribution in [2.75, 3.05) is 5.32 Å². The fourth-order valence-electron chi connectivity index (χ4n) is 1.50. The van der Waals surface area contributed by atoms with E-state index in [1.165, 1.54) is 11.8 Å². The number of carbonyl (C=O) groups excluding carboxylic acids is 1. The number of halogens is 2. The summed E-state index contributed by atoms with van der Waals surface area (Å²) in [4.78, 5) is 12.1. The van der Waals surface area contributed by atoms with Crippen LogP contribution in [-0.2, 0) is 10.5 Å². The Morgan fingerprint density at radius 1 is 1.40 bits per heavy atom. The summed E-state index contributed by atoms with van der Waals surface area (Å²) >= 11 is 13.3. The molecule has 1 amide bonds. The van der Waals surface area contributed by atoms with Crippen LogP contribution in [0.15, 0.2) is 41.0 Å². The van der Waals surface area contributed by atoms with Crippen molar-refractivity contribution in [2.24, 2.45) is 0 Å². The quantitative estimate of drug-likeness (QED) is 0.852. The van der Waals surface area contributed by atoms with Gasteiger partial charge in [0.1, 0.15) is 5.76 Å². The number of amides is 1. The van der Waals surface area contributed by atoms with Crippen molar-refractivity contribution >= 4 is 46.6 Å². The van der Waals surface area contributed by atoms with Crippen LogP contribution < -0.4 is 5.32 Å². The molecule has 0 aliphatic carbocycles. The van der Waals surface area contributed by atoms with Gasteiger partial charge in [-0.3, -0.25) is 4.79 Å². The van der Waals surface area contributed by atoms with Gasteiger partial charge in [-0.2, -0.15) is 0 Å². The molecule has 0 saturated heterocycles. The van der Waals surface area contributed by atoms with Gasteiger partial charge in [0.05, 0.1) is 28.0 Å². The van der Waals surface area contributed by atoms with Crippen molar-refractivity contribution in [1.29, 1.82) is 0 Å². The standard InChI is InChI=1S/C14H13Cl2NO2S/c1-9(20-8-11-3-2-6-19-11)14(18)17-13-5-4-10(15)7-12(13)16/h2-7,9H,8H2,1H3,(H,17,18)/t9-/m0/s1. The zero-order valence-electron chi connectivity index (χ0n) is 10.7. The molecule has 106 valence electrons. The second-order valence-electron chi connectivity index (χ2n) is 4.15. The number of rotatable bonds is 5. The molecule has 0 aliphatic rings. The number of carbonyl (C=O) groups is 1. The molecule has 0 spiro atoms. The summed E-state index contributed by atoms with van der Waals surface area (Å²) < 4.78 is 5.23. The van der Waals surface area contributed by atoms with Gasteiger partial charge in [-0.05, 0) is 37.3 Å². The van der Waals surface area contributed by atoms with Crippen molar-refractivity contribution in [1.82, 2.24) is 0 Å². The molecular weight excluding hydrogens is 317 g/mol. The lowest BCUT2D eigenvalue weighted by atomic mass is 10.3. The fraction of sp³-hybridized carbons (Fsp3) is 0.214. The lowest BCUT2D eigenvalue weighted by molar-refractivity contribution is -0.115. The van der Waals surface area contributed by atoms with E-state index in [2.05, 4.69) is 5.32 Å². The molecule has 0 bridgehead atoms. The third-order valence-electron chi connectivity index (χ3n) is 2.61. The van der Waals surface area contributed by atoms with E-state index in [1.54, 1.807) is 24.5 Å². The molecule has 0 unspecified atom stereocenters. The SMILES string of the molecule is C[C@H](SCc1ccco1)C(=O)Nc1ccc(Cl)cc1Cl. The van der Waals surface area contributed by atoms with Gasteiger partial charge in [0.2, 0.25) is 5.91 Å². The Balaban J connectivity index is 1.90. The van der Waals surface area contributed by atoms with E-state index >= 15 is 0 Å². The molecule has 6 heteroatoms. The minimum Gasteiger partial charge on any atom is -0.468 e. The Labute approximate surface area is 131 Å². The Hall–Kier alpha value is -1.10. The minimum absolute atomic E-state index is 0.106. The Morgan fingerprint density at radius 3 is 2.85 bits per heavy atom. The molecule has 2 rings (SSSR count). The molecule has 1 heterocycles. The molecule has 2 aromatic rings. The first kappa shape index (κ1) is 15.3. The predicted octanol–water partition coefficient (Wildman–Crippen LogP) is 4.85. The number of hydrogen-bond acceptors (Lipinski definition) is 3. The minimum atomic E-state index is -0.216. The maximum Gasteiger partial charge on any atom is 0.237 e. The maximum atomic E-state index is 12.1. The topological polar surface area (TPSA) is 42.2 Å². The number of benzene rings is 1. The van der Waals surface area contributed by atoms with E-state index in [9.17, 15) is 4.79 Å². The van der Waals surface area contributed by atoms with Crippen LogP contribution in [0, 0.1) is 0 Å². The van der Waals surface area contributed by atoms with Gasteiger partial charge in [-0.1, -0.05) is 23.2 Å². The zero-order chi connectivity index (χ0) is 14.5. The van der Waals surface area contributed by atoms with Crippen LogP contribution in [-0.4, -0.2) is 11.2 Å². The second-order valence-corrected chi connectivity index (χ2v) is 6.32. The van der Waals surface area contributed by atoms with Crippen LogP contribution in [0.3, 0.4) is 0 Å². The first-order chi connectivity index (χ1) is 9.56. The normalized spacial score (nSPS) is 12.2. The van der Waals surface area contributed by atoms with Crippen molar-refractivity contribution in [2.45, 2.75) is 17.9 Å². The summed E-state index contributed by atoms with van der Waals surface area (Å²) in [6.45, 7) is 1.84. The highest BCUT2D eigenvalue weighted by Crippen LogP contribution is 2.26. The molecule has 0 saturated carbocycles. The van der Waals surface area contributed by atoms with E-state index < -0.39 is 0 Å². The van der Waals surface area contributed by atoms with Crippen LogP contribution in [0.2, 0.25) is 10.0 Å². The third kappa shape index (κ3) is 4.20. The average molecular weight is 330 g/mol. The second kappa shape index (κ2) is 7.07. The number of thioether (sulfide) groups is 1. The molecule has 0 aliphatic heterocycles. The molecule has 0 radical (unpaired) electrons. The van der Waals surface area contributed by atoms with Crippen molar-refractivity contribution in [3.05, 3.63) is 52.4 Å². The van der Waals surface area contributed by atoms with E-state index in [0.29, 0.717) is 21.5 Å². The van der Waals surface area contributed by atoms with Crippen molar-refractivity contribution in [3.8, 4) is 0 Å². The van der Waals surface area contributed by atoms with Crippen LogP contribution in [0.25, 0.3) is 0 Å². The van der Waals surface area contributed by atoms with Gasteiger partial charge >= 0.3 is 0 Å². The summed E-state index contributed by atoms with van der Waals surface area (Å²) in [5.74, 6) is 1.39. The molecular formula is C14H13Cl2NO2S. The van der Waals surface area contributed by atoms with Crippen molar-refractivity contribution < 1.29 is 9.21 Å². The van der Waals surface area contributed by atoms with Crippen LogP contribution in [0.1, 0.15) is 12.7 Å². The number of anilines is 1. The van der Waals surface area contributed by atoms with Crippen LogP contribution in [0.5, 0.6) is 0 Å². The smallest absolute Gasteiger partial charge is 0.237 e. The van der Waals surface area contributed by atoms with E-state index in [1.807, 2.05) is 19.1 Å². The summed E-state index contributed by atoms with van der Waals surface area (Å²) in [5.41, 5.74) is 0.562. The fourth-order valence-corrected chi connectivity index (χ4v) is 2.75. The highest BCUT2D eigenvalue weighted by Gasteiger charge is 2.15. The number of furan rings is 1. The molecule has 1 N–H and O–H groups in total. The van der Waals surface area contributed by atoms with E-state index in [4.69, 9.17) is 27.6 Å². The summed E-state index contributed by atoms with van der Waals surface area (Å²) in [5, 5.41) is 3.53. The Morgan fingerprint density at radius 2 is 2.20 bits per heavy atom. The molecule has 3 nitrogen and oxygen atoms in total. The Kier molecular flexibility index (Phi) is 5.40. The van der Waals surface area contributed by atoms with E-state index in [0.717, 1.165) is 5.76 Å². The highest BCUT2D eigenvalue weighted by atomic mass is 35.5. The molecule has 1 atom stereocenters. The first-order valence-electron chi connectivity index (χ1n) is 5.96. The third-order valence-corrected chi connectivity index (χ3v) is 4.33. The van der Waals surface area contributed by atoms with E-state index in [-0.39, 0.29) is 11.2 Å². The largest absolute Gasteiger partial charge is 0.468 e. The van der Waals surface area contributed by atoms with Gasteiger partial charge in [0.15, 0.2) is 0 Å². The first-order valence-corrected chi connectivity index (χ1v) is 7.76. The monoisotopic (exact) mass is 329 g/mol. The summed E-state index contributed by atoms with van der Waals surface area (Å²) in [6, 6.07) is 8.68. The van der Waals surface area contributed by atoms with Gasteiger partial charge in [-0.25, -0.2) is 0 Å². The lowest BCUT2D eigenvalue weighted by Crippen LogP contribution is -2.22. The molecule has 0 fully saturated rings. The van der Waals surface area contributed by atoms with Crippen molar-refractivity contribution in [3.63, 3.8) is 0 Å². The number of hydrogen-bond donors (Lipinski definition) is 1. The summed E-state index contributed by atoms with van der Waals surface area (Å²) in [7, 11) is 0. The molecule has 1 aromatic carbocycles. The number of nitrogens with one attached hydrogen (secondary N) is 1. The predicted molar refractivity (Wildman–Crippen MR) is 84.6 cm³/mol. The highest BCUT2D eigenvalue weighted by molar-refractivity contribution is 7.99. The zero-order valence-corrected chi connectivity index (χ0v) is 13.1. The van der Waals surface area contributed by atoms with Crippen LogP contribution >= 0.6 is 35.0 Å². The maximum absolute atomic E-state index is 12.1. The molecule has 20 heavy (non-hydrogen) atoms. The molecule has 1 aromatic heterocycles.